The molecule has 190 valence electrons. The Kier molecular flexibility index (Phi) is 6.40. The summed E-state index contributed by atoms with van der Waals surface area (Å²) in [6, 6.07) is 22.3. The van der Waals surface area contributed by atoms with E-state index in [2.05, 4.69) is 79.4 Å². The molecule has 36 heavy (non-hydrogen) atoms. The van der Waals surface area contributed by atoms with Crippen molar-refractivity contribution in [3.05, 3.63) is 66.7 Å². The molecule has 8 heteroatoms. The topological polar surface area (TPSA) is 80.7 Å². The molecule has 0 radical (unpaired) electrons. The van der Waals surface area contributed by atoms with Crippen LogP contribution in [0.3, 0.4) is 0 Å². The van der Waals surface area contributed by atoms with Crippen LogP contribution in [0.5, 0.6) is 0 Å². The summed E-state index contributed by atoms with van der Waals surface area (Å²) in [4.78, 5) is 0.108. The Hall–Kier alpha value is -2.44. The molecule has 2 N–H and O–H groups in total. The largest absolute Gasteiger partial charge is 0.341 e. The van der Waals surface area contributed by atoms with E-state index in [0.29, 0.717) is 0 Å². The lowest BCUT2D eigenvalue weighted by molar-refractivity contribution is 0.538. The van der Waals surface area contributed by atoms with E-state index < -0.39 is 17.2 Å². The van der Waals surface area contributed by atoms with E-state index in [-0.39, 0.29) is 10.1 Å². The number of rotatable bonds is 5. The van der Waals surface area contributed by atoms with Crippen molar-refractivity contribution in [2.45, 2.75) is 57.1 Å². The molecule has 0 spiro atoms. The number of aryl methyl sites for hydroxylation is 1. The van der Waals surface area contributed by atoms with Crippen molar-refractivity contribution in [3.63, 3.8) is 0 Å². The van der Waals surface area contributed by atoms with E-state index in [4.69, 9.17) is 9.88 Å². The summed E-state index contributed by atoms with van der Waals surface area (Å²) >= 11 is 0. The van der Waals surface area contributed by atoms with Crippen LogP contribution in [0.4, 0.5) is 5.69 Å². The molecule has 0 bridgehead atoms. The average molecular weight is 523 g/mol. The highest BCUT2D eigenvalue weighted by molar-refractivity contribution is 7.89. The van der Waals surface area contributed by atoms with Crippen molar-refractivity contribution in [3.8, 4) is 0 Å². The van der Waals surface area contributed by atoms with E-state index in [1.807, 2.05) is 0 Å². The molecule has 1 saturated heterocycles. The molecule has 6 nitrogen and oxygen atoms in total. The molecular weight excluding hydrogens is 487 g/mol. The summed E-state index contributed by atoms with van der Waals surface area (Å²) in [7, 11) is -6.02. The van der Waals surface area contributed by atoms with E-state index in [9.17, 15) is 8.42 Å². The smallest absolute Gasteiger partial charge is 0.238 e. The quantitative estimate of drug-likeness (QED) is 0.307. The Balaban J connectivity index is 1.82. The SMILES string of the molecule is CCn1c2ccccc2c2cc([P@](=Nc3ccc(S(N)(=O)=O)cc3)(N3CCCC3)C(C)(C)C)ccc21. The molecule has 1 aromatic heterocycles. The average Bonchev–Trinajstić information content (AvgIpc) is 3.48. The minimum absolute atomic E-state index is 0.108. The Morgan fingerprint density at radius 3 is 2.17 bits per heavy atom. The number of benzene rings is 3. The van der Waals surface area contributed by atoms with Gasteiger partial charge >= 0.3 is 0 Å². The first kappa shape index (κ1) is 25.2. The molecule has 1 aliphatic rings. The number of nitrogens with zero attached hydrogens (tertiary/aromatic N) is 3. The van der Waals surface area contributed by atoms with E-state index in [1.165, 1.54) is 27.1 Å². The van der Waals surface area contributed by atoms with Crippen molar-refractivity contribution in [1.29, 1.82) is 0 Å². The Labute approximate surface area is 214 Å². The molecule has 1 atom stereocenters. The molecule has 4 aromatic rings. The van der Waals surface area contributed by atoms with Gasteiger partial charge in [-0.05, 0) is 68.3 Å². The summed E-state index contributed by atoms with van der Waals surface area (Å²) in [6.45, 7) is 12.0. The minimum atomic E-state index is -3.75. The standard InChI is InChI=1S/C28H35N4O2PS/c1-5-32-26-11-7-6-10-24(26)25-20-22(14-17-27(25)32)35(28(2,3)4,31-18-8-9-19-31)30-21-12-15-23(16-13-21)36(29,33)34/h6-7,10-17,20H,5,8-9,18-19H2,1-4H3,(H2,29,33,34)/t35-/m0/s1. The number of primary sulfonamides is 1. The van der Waals surface area contributed by atoms with Crippen molar-refractivity contribution in [2.24, 2.45) is 9.88 Å². The van der Waals surface area contributed by atoms with Gasteiger partial charge in [-0.1, -0.05) is 39.0 Å². The third-order valence-electron chi connectivity index (χ3n) is 7.28. The molecule has 2 heterocycles. The fraction of sp³-hybridized carbons (Fsp3) is 0.357. The number of hydrogen-bond acceptors (Lipinski definition) is 3. The molecule has 0 aliphatic carbocycles. The number of aromatic nitrogens is 1. The van der Waals surface area contributed by atoms with Gasteiger partial charge in [0.1, 0.15) is 0 Å². The van der Waals surface area contributed by atoms with Gasteiger partial charge in [0, 0.05) is 51.9 Å². The number of fused-ring (bicyclic) bond motifs is 3. The van der Waals surface area contributed by atoms with Crippen LogP contribution in [0, 0.1) is 0 Å². The zero-order valence-electron chi connectivity index (χ0n) is 21.5. The van der Waals surface area contributed by atoms with Crippen LogP contribution in [0.2, 0.25) is 0 Å². The normalized spacial score (nSPS) is 17.0. The molecule has 1 aliphatic heterocycles. The first-order chi connectivity index (χ1) is 17.1. The van der Waals surface area contributed by atoms with Crippen molar-refractivity contribution >= 4 is 50.0 Å². The summed E-state index contributed by atoms with van der Waals surface area (Å²) in [5.74, 6) is 0. The van der Waals surface area contributed by atoms with Crippen LogP contribution in [-0.2, 0) is 16.6 Å². The molecule has 0 saturated carbocycles. The van der Waals surface area contributed by atoms with Gasteiger partial charge in [0.05, 0.1) is 17.8 Å². The monoisotopic (exact) mass is 522 g/mol. The van der Waals surface area contributed by atoms with Crippen LogP contribution in [0.1, 0.15) is 40.5 Å². The summed E-state index contributed by atoms with van der Waals surface area (Å²) in [6.07, 6.45) is 2.32. The van der Waals surface area contributed by atoms with Gasteiger partial charge in [-0.3, -0.25) is 4.67 Å². The maximum absolute atomic E-state index is 11.8. The molecule has 1 fully saturated rings. The fourth-order valence-corrected chi connectivity index (χ4v) is 10.6. The van der Waals surface area contributed by atoms with E-state index in [1.54, 1.807) is 24.3 Å². The Bertz CT molecular complexity index is 1590. The molecule has 0 unspecified atom stereocenters. The lowest BCUT2D eigenvalue weighted by atomic mass is 10.1. The Morgan fingerprint density at radius 1 is 0.917 bits per heavy atom. The zero-order valence-corrected chi connectivity index (χ0v) is 23.2. The predicted octanol–water partition coefficient (Wildman–Crippen LogP) is 6.43. The predicted molar refractivity (Wildman–Crippen MR) is 152 cm³/mol. The van der Waals surface area contributed by atoms with Gasteiger partial charge in [-0.2, -0.15) is 0 Å². The second-order valence-corrected chi connectivity index (χ2v) is 15.9. The maximum Gasteiger partial charge on any atom is 0.238 e. The van der Waals surface area contributed by atoms with E-state index >= 15 is 0 Å². The molecule has 5 rings (SSSR count). The second-order valence-electron chi connectivity index (χ2n) is 10.5. The zero-order chi connectivity index (χ0) is 25.7. The van der Waals surface area contributed by atoms with Crippen molar-refractivity contribution in [2.75, 3.05) is 13.1 Å². The highest BCUT2D eigenvalue weighted by atomic mass is 32.2. The van der Waals surface area contributed by atoms with Gasteiger partial charge < -0.3 is 4.57 Å². The second kappa shape index (κ2) is 9.14. The van der Waals surface area contributed by atoms with Gasteiger partial charge in [-0.25, -0.2) is 18.3 Å². The van der Waals surface area contributed by atoms with Crippen LogP contribution < -0.4 is 10.4 Å². The van der Waals surface area contributed by atoms with E-state index in [0.717, 1.165) is 38.2 Å². The summed E-state index contributed by atoms with van der Waals surface area (Å²) in [5.41, 5.74) is 3.28. The Morgan fingerprint density at radius 2 is 1.56 bits per heavy atom. The lowest BCUT2D eigenvalue weighted by Gasteiger charge is -2.44. The molecular formula is C28H35N4O2PS. The van der Waals surface area contributed by atoms with Gasteiger partial charge in [0.15, 0.2) is 0 Å². The van der Waals surface area contributed by atoms with Gasteiger partial charge in [-0.15, -0.1) is 0 Å². The first-order valence-corrected chi connectivity index (χ1v) is 15.8. The van der Waals surface area contributed by atoms with Crippen LogP contribution in [0.25, 0.3) is 21.8 Å². The lowest BCUT2D eigenvalue weighted by Crippen LogP contribution is -2.35. The molecule has 3 aromatic carbocycles. The molecule has 0 amide bonds. The highest BCUT2D eigenvalue weighted by Crippen LogP contribution is 2.65. The minimum Gasteiger partial charge on any atom is -0.341 e. The van der Waals surface area contributed by atoms with Crippen molar-refractivity contribution in [1.82, 2.24) is 9.24 Å². The number of para-hydroxylation sites is 1. The third kappa shape index (κ3) is 4.12. The summed E-state index contributed by atoms with van der Waals surface area (Å²) in [5, 5.41) is 9.00. The van der Waals surface area contributed by atoms with Crippen LogP contribution >= 0.6 is 7.21 Å². The van der Waals surface area contributed by atoms with Gasteiger partial charge in [0.2, 0.25) is 10.0 Å². The highest BCUT2D eigenvalue weighted by Gasteiger charge is 2.42. The number of nitrogens with two attached hydrogens (primary N) is 1. The number of sulfonamides is 1. The number of hydrogen-bond donors (Lipinski definition) is 1. The van der Waals surface area contributed by atoms with Crippen LogP contribution in [0.15, 0.2) is 76.4 Å². The third-order valence-corrected chi connectivity index (χ3v) is 12.8. The fourth-order valence-electron chi connectivity index (χ4n) is 5.68. The van der Waals surface area contributed by atoms with Crippen molar-refractivity contribution < 1.29 is 8.42 Å². The maximum atomic E-state index is 11.8. The first-order valence-electron chi connectivity index (χ1n) is 12.6. The van der Waals surface area contributed by atoms with Crippen LogP contribution in [-0.4, -0.2) is 35.9 Å². The summed E-state index contributed by atoms with van der Waals surface area (Å²) < 4.78 is 34.2. The van der Waals surface area contributed by atoms with Gasteiger partial charge in [0.25, 0.3) is 0 Å².